The number of nitrogens with zero attached hydrogens (tertiary/aromatic N) is 2. The molecule has 1 fully saturated rings. The summed E-state index contributed by atoms with van der Waals surface area (Å²) in [5, 5.41) is 1.47. The summed E-state index contributed by atoms with van der Waals surface area (Å²) in [7, 11) is 0. The zero-order valence-electron chi connectivity index (χ0n) is 16.2. The van der Waals surface area contributed by atoms with Crippen molar-refractivity contribution in [1.29, 1.82) is 0 Å². The van der Waals surface area contributed by atoms with Crippen LogP contribution in [0.3, 0.4) is 0 Å². The molecular formula is C24H27ClN2O. The molecule has 3 aromatic rings. The molecular weight excluding hydrogens is 368 g/mol. The van der Waals surface area contributed by atoms with Crippen LogP contribution in [0.15, 0.2) is 42.5 Å². The first kappa shape index (κ1) is 18.2. The fourth-order valence-electron chi connectivity index (χ4n) is 5.44. The van der Waals surface area contributed by atoms with E-state index in [2.05, 4.69) is 51.9 Å². The average molecular weight is 395 g/mol. The van der Waals surface area contributed by atoms with Gasteiger partial charge in [0, 0.05) is 49.4 Å². The first-order chi connectivity index (χ1) is 13.4. The minimum absolute atomic E-state index is 0. The Hall–Kier alpha value is -1.81. The van der Waals surface area contributed by atoms with Gasteiger partial charge >= 0.3 is 0 Å². The molecule has 3 nitrogen and oxygen atoms in total. The summed E-state index contributed by atoms with van der Waals surface area (Å²) in [5.74, 6) is 0. The molecule has 4 heterocycles. The minimum atomic E-state index is 0. The predicted octanol–water partition coefficient (Wildman–Crippen LogP) is 4.69. The first-order valence-electron chi connectivity index (χ1n) is 10.4. The van der Waals surface area contributed by atoms with E-state index in [9.17, 15) is 0 Å². The van der Waals surface area contributed by atoms with E-state index in [1.54, 1.807) is 5.56 Å². The second-order valence-corrected chi connectivity index (χ2v) is 8.32. The molecule has 3 aliphatic rings. The fraction of sp³-hybridized carbons (Fsp3) is 0.417. The third-order valence-corrected chi connectivity index (χ3v) is 6.72. The largest absolute Gasteiger partial charge is 0.377 e. The van der Waals surface area contributed by atoms with Crippen LogP contribution in [-0.4, -0.2) is 35.3 Å². The Kier molecular flexibility index (Phi) is 4.70. The van der Waals surface area contributed by atoms with Gasteiger partial charge in [0.2, 0.25) is 0 Å². The van der Waals surface area contributed by atoms with Gasteiger partial charge in [-0.2, -0.15) is 0 Å². The van der Waals surface area contributed by atoms with Crippen molar-refractivity contribution < 1.29 is 4.74 Å². The predicted molar refractivity (Wildman–Crippen MR) is 116 cm³/mol. The summed E-state index contributed by atoms with van der Waals surface area (Å²) >= 11 is 0. The Bertz CT molecular complexity index is 1020. The number of fused-ring (bicyclic) bond motifs is 5. The molecule has 0 radical (unpaired) electrons. The maximum atomic E-state index is 5.90. The Morgan fingerprint density at radius 2 is 1.82 bits per heavy atom. The molecule has 1 atom stereocenters. The van der Waals surface area contributed by atoms with Gasteiger partial charge in [-0.25, -0.2) is 0 Å². The summed E-state index contributed by atoms with van der Waals surface area (Å²) in [6, 6.07) is 15.9. The normalized spacial score (nSPS) is 21.1. The average Bonchev–Trinajstić information content (AvgIpc) is 3.28. The lowest BCUT2D eigenvalue weighted by Gasteiger charge is -2.30. The SMILES string of the molecule is Cl.c1ccc2c(c1)CCc1cccc3c4c(n-2c13)CCN(CC1CCCO1)C4. The molecule has 0 spiro atoms. The van der Waals surface area contributed by atoms with Crippen molar-refractivity contribution in [1.82, 2.24) is 9.47 Å². The van der Waals surface area contributed by atoms with Crippen LogP contribution in [0.5, 0.6) is 0 Å². The van der Waals surface area contributed by atoms with Gasteiger partial charge in [0.25, 0.3) is 0 Å². The van der Waals surface area contributed by atoms with Crippen LogP contribution in [0.1, 0.15) is 35.2 Å². The number of rotatable bonds is 2. The molecule has 3 aliphatic heterocycles. The highest BCUT2D eigenvalue weighted by Gasteiger charge is 2.29. The third kappa shape index (κ3) is 2.80. The van der Waals surface area contributed by atoms with Crippen LogP contribution in [0, 0.1) is 0 Å². The lowest BCUT2D eigenvalue weighted by atomic mass is 9.99. The molecule has 0 bridgehead atoms. The van der Waals surface area contributed by atoms with Gasteiger partial charge in [-0.05, 0) is 48.4 Å². The number of ether oxygens (including phenoxy) is 1. The van der Waals surface area contributed by atoms with Crippen LogP contribution in [0.25, 0.3) is 16.6 Å². The molecule has 1 unspecified atom stereocenters. The van der Waals surface area contributed by atoms with E-state index < -0.39 is 0 Å². The lowest BCUT2D eigenvalue weighted by molar-refractivity contribution is 0.0687. The number of hydrogen-bond donors (Lipinski definition) is 0. The van der Waals surface area contributed by atoms with Gasteiger partial charge in [0.15, 0.2) is 0 Å². The van der Waals surface area contributed by atoms with Crippen molar-refractivity contribution in [2.24, 2.45) is 0 Å². The number of aryl methyl sites for hydroxylation is 2. The van der Waals surface area contributed by atoms with Crippen LogP contribution in [0.2, 0.25) is 0 Å². The monoisotopic (exact) mass is 394 g/mol. The number of hydrogen-bond acceptors (Lipinski definition) is 2. The first-order valence-corrected chi connectivity index (χ1v) is 10.4. The van der Waals surface area contributed by atoms with E-state index >= 15 is 0 Å². The molecule has 0 saturated carbocycles. The van der Waals surface area contributed by atoms with Crippen molar-refractivity contribution in [3.63, 3.8) is 0 Å². The number of benzene rings is 2. The smallest absolute Gasteiger partial charge is 0.0702 e. The molecule has 6 rings (SSSR count). The zero-order chi connectivity index (χ0) is 17.8. The van der Waals surface area contributed by atoms with Crippen LogP contribution < -0.4 is 0 Å². The summed E-state index contributed by atoms with van der Waals surface area (Å²) in [5.41, 5.74) is 8.94. The standard InChI is InChI=1S/C24H26N2O.ClH/c1-2-9-22-17(5-1)10-11-18-6-3-8-20-21-16-25(15-19-7-4-14-27-19)13-12-23(21)26(22)24(18)20;/h1-3,5-6,8-9,19H,4,7,10-16H2;1H. The quantitative estimate of drug-likeness (QED) is 0.627. The highest BCUT2D eigenvalue weighted by Crippen LogP contribution is 2.38. The summed E-state index contributed by atoms with van der Waals surface area (Å²) in [6.07, 6.45) is 6.29. The topological polar surface area (TPSA) is 17.4 Å². The zero-order valence-corrected chi connectivity index (χ0v) is 17.0. The van der Waals surface area contributed by atoms with Gasteiger partial charge < -0.3 is 9.30 Å². The van der Waals surface area contributed by atoms with Crippen LogP contribution in [-0.2, 0) is 30.5 Å². The third-order valence-electron chi connectivity index (χ3n) is 6.72. The number of aromatic nitrogens is 1. The van der Waals surface area contributed by atoms with Crippen LogP contribution in [0.4, 0.5) is 0 Å². The molecule has 2 aromatic carbocycles. The van der Waals surface area contributed by atoms with E-state index in [-0.39, 0.29) is 12.4 Å². The second-order valence-electron chi connectivity index (χ2n) is 8.32. The highest BCUT2D eigenvalue weighted by atomic mass is 35.5. The maximum absolute atomic E-state index is 5.90. The van der Waals surface area contributed by atoms with E-state index in [0.29, 0.717) is 6.10 Å². The molecule has 1 aromatic heterocycles. The van der Waals surface area contributed by atoms with E-state index in [0.717, 1.165) is 45.5 Å². The molecule has 28 heavy (non-hydrogen) atoms. The molecule has 0 N–H and O–H groups in total. The van der Waals surface area contributed by atoms with Crippen molar-refractivity contribution in [2.45, 2.75) is 44.8 Å². The Morgan fingerprint density at radius 3 is 2.71 bits per heavy atom. The fourth-order valence-corrected chi connectivity index (χ4v) is 5.44. The van der Waals surface area contributed by atoms with E-state index in [4.69, 9.17) is 4.74 Å². The Morgan fingerprint density at radius 1 is 0.964 bits per heavy atom. The molecule has 1 saturated heterocycles. The van der Waals surface area contributed by atoms with Gasteiger partial charge in [0.05, 0.1) is 11.6 Å². The molecule has 0 aliphatic carbocycles. The van der Waals surface area contributed by atoms with Crippen molar-refractivity contribution in [2.75, 3.05) is 19.7 Å². The summed E-state index contributed by atoms with van der Waals surface area (Å²) in [6.45, 7) is 4.23. The number of halogens is 1. The Balaban J connectivity index is 0.00000171. The van der Waals surface area contributed by atoms with Gasteiger partial charge in [-0.3, -0.25) is 4.90 Å². The van der Waals surface area contributed by atoms with Gasteiger partial charge in [-0.1, -0.05) is 36.4 Å². The highest BCUT2D eigenvalue weighted by molar-refractivity contribution is 5.91. The minimum Gasteiger partial charge on any atom is -0.377 e. The summed E-state index contributed by atoms with van der Waals surface area (Å²) in [4.78, 5) is 2.62. The molecule has 0 amide bonds. The van der Waals surface area contributed by atoms with Gasteiger partial charge in [0.1, 0.15) is 0 Å². The lowest BCUT2D eigenvalue weighted by Crippen LogP contribution is -2.36. The van der Waals surface area contributed by atoms with Crippen molar-refractivity contribution >= 4 is 23.3 Å². The maximum Gasteiger partial charge on any atom is 0.0702 e. The van der Waals surface area contributed by atoms with E-state index in [1.807, 2.05) is 0 Å². The second kappa shape index (κ2) is 7.22. The molecule has 4 heteroatoms. The summed E-state index contributed by atoms with van der Waals surface area (Å²) < 4.78 is 8.51. The van der Waals surface area contributed by atoms with Crippen LogP contribution >= 0.6 is 12.4 Å². The number of para-hydroxylation sites is 2. The van der Waals surface area contributed by atoms with E-state index in [1.165, 1.54) is 46.3 Å². The Labute approximate surface area is 172 Å². The molecule has 146 valence electrons. The van der Waals surface area contributed by atoms with Gasteiger partial charge in [-0.15, -0.1) is 12.4 Å². The van der Waals surface area contributed by atoms with Crippen molar-refractivity contribution in [3.8, 4) is 5.69 Å². The van der Waals surface area contributed by atoms with Crippen molar-refractivity contribution in [3.05, 3.63) is 64.8 Å².